The number of H-pyrrole nitrogens is 1. The molecule has 3 heterocycles. The largest absolute Gasteiger partial charge is 0.493 e. The van der Waals surface area contributed by atoms with Crippen LogP contribution in [0.15, 0.2) is 59.1 Å². The van der Waals surface area contributed by atoms with E-state index in [1.807, 2.05) is 37.3 Å². The van der Waals surface area contributed by atoms with E-state index in [0.29, 0.717) is 18.4 Å². The zero-order valence-corrected chi connectivity index (χ0v) is 19.1. The lowest BCUT2D eigenvalue weighted by atomic mass is 9.89. The van der Waals surface area contributed by atoms with Crippen LogP contribution in [0.1, 0.15) is 36.5 Å². The molecule has 1 saturated heterocycles. The second-order valence-electron chi connectivity index (χ2n) is 8.55. The minimum Gasteiger partial charge on any atom is -0.493 e. The second kappa shape index (κ2) is 9.39. The number of rotatable bonds is 7. The molecule has 0 spiro atoms. The number of nitrogens with one attached hydrogen (secondary N) is 1. The zero-order chi connectivity index (χ0) is 21.9. The molecule has 1 N–H and O–H groups in total. The number of ether oxygens (including phenoxy) is 1. The van der Waals surface area contributed by atoms with Gasteiger partial charge in [0, 0.05) is 22.5 Å². The number of aromatic amines is 1. The van der Waals surface area contributed by atoms with E-state index in [0.717, 1.165) is 59.2 Å². The van der Waals surface area contributed by atoms with Crippen molar-refractivity contribution < 1.29 is 9.15 Å². The minimum absolute atomic E-state index is 0.603. The standard InChI is InChI=1S/C26H28ClN3O2/c1-18-17-28-26(32-18)24-16-22-23(29-24)4-2-5-25(22)31-15-3-12-30-13-10-20(11-14-30)19-6-8-21(27)9-7-19/h2,4-9,16-17,20,29H,3,10-15H2,1H3. The molecular weight excluding hydrogens is 422 g/mol. The maximum absolute atomic E-state index is 6.16. The van der Waals surface area contributed by atoms with Crippen molar-refractivity contribution >= 4 is 22.5 Å². The Morgan fingerprint density at radius 2 is 1.97 bits per heavy atom. The fraction of sp³-hybridized carbons (Fsp3) is 0.346. The van der Waals surface area contributed by atoms with Gasteiger partial charge in [-0.1, -0.05) is 29.8 Å². The highest BCUT2D eigenvalue weighted by molar-refractivity contribution is 6.30. The molecule has 5 nitrogen and oxygen atoms in total. The number of aromatic nitrogens is 2. The first kappa shape index (κ1) is 21.1. The summed E-state index contributed by atoms with van der Waals surface area (Å²) < 4.78 is 11.8. The lowest BCUT2D eigenvalue weighted by Crippen LogP contribution is -2.34. The van der Waals surface area contributed by atoms with Crippen LogP contribution in [0.25, 0.3) is 22.5 Å². The molecule has 0 unspecified atom stereocenters. The van der Waals surface area contributed by atoms with Crippen molar-refractivity contribution in [3.05, 3.63) is 71.1 Å². The van der Waals surface area contributed by atoms with Crippen molar-refractivity contribution in [1.29, 1.82) is 0 Å². The molecule has 0 bridgehead atoms. The first-order chi connectivity index (χ1) is 15.7. The molecule has 2 aromatic carbocycles. The predicted molar refractivity (Wildman–Crippen MR) is 129 cm³/mol. The summed E-state index contributed by atoms with van der Waals surface area (Å²) in [5.74, 6) is 2.95. The molecule has 0 atom stereocenters. The van der Waals surface area contributed by atoms with Crippen molar-refractivity contribution in [2.75, 3.05) is 26.2 Å². The van der Waals surface area contributed by atoms with Gasteiger partial charge in [0.1, 0.15) is 17.2 Å². The van der Waals surface area contributed by atoms with E-state index >= 15 is 0 Å². The summed E-state index contributed by atoms with van der Waals surface area (Å²) in [7, 11) is 0. The highest BCUT2D eigenvalue weighted by Gasteiger charge is 2.20. The zero-order valence-electron chi connectivity index (χ0n) is 18.3. The van der Waals surface area contributed by atoms with Gasteiger partial charge in [-0.15, -0.1) is 0 Å². The number of benzene rings is 2. The van der Waals surface area contributed by atoms with Crippen LogP contribution in [-0.2, 0) is 0 Å². The quantitative estimate of drug-likeness (QED) is 0.330. The predicted octanol–water partition coefficient (Wildman–Crippen LogP) is 6.43. The highest BCUT2D eigenvalue weighted by atomic mass is 35.5. The van der Waals surface area contributed by atoms with Gasteiger partial charge in [-0.3, -0.25) is 0 Å². The van der Waals surface area contributed by atoms with Crippen molar-refractivity contribution in [1.82, 2.24) is 14.9 Å². The van der Waals surface area contributed by atoms with Gasteiger partial charge in [-0.05, 0) is 81.1 Å². The number of nitrogens with zero attached hydrogens (tertiary/aromatic N) is 2. The average molecular weight is 450 g/mol. The van der Waals surface area contributed by atoms with E-state index in [2.05, 4.69) is 33.1 Å². The fourth-order valence-electron chi connectivity index (χ4n) is 4.54. The lowest BCUT2D eigenvalue weighted by Gasteiger charge is -2.32. The van der Waals surface area contributed by atoms with Gasteiger partial charge in [0.15, 0.2) is 0 Å². The smallest absolute Gasteiger partial charge is 0.243 e. The maximum atomic E-state index is 6.16. The summed E-state index contributed by atoms with van der Waals surface area (Å²) >= 11 is 6.02. The maximum Gasteiger partial charge on any atom is 0.243 e. The number of likely N-dealkylation sites (tertiary alicyclic amines) is 1. The third-order valence-electron chi connectivity index (χ3n) is 6.28. The number of fused-ring (bicyclic) bond motifs is 1. The molecule has 5 rings (SSSR count). The molecule has 2 aromatic heterocycles. The summed E-state index contributed by atoms with van der Waals surface area (Å²) in [6.07, 6.45) is 5.15. The number of hydrogen-bond acceptors (Lipinski definition) is 4. The summed E-state index contributed by atoms with van der Waals surface area (Å²) in [5, 5.41) is 1.87. The van der Waals surface area contributed by atoms with E-state index in [1.54, 1.807) is 6.20 Å². The van der Waals surface area contributed by atoms with Crippen molar-refractivity contribution in [3.63, 3.8) is 0 Å². The molecule has 166 valence electrons. The van der Waals surface area contributed by atoms with Gasteiger partial charge in [-0.25, -0.2) is 4.98 Å². The van der Waals surface area contributed by atoms with Crippen LogP contribution < -0.4 is 4.74 Å². The van der Waals surface area contributed by atoms with Gasteiger partial charge < -0.3 is 19.0 Å². The summed E-state index contributed by atoms with van der Waals surface area (Å²) in [6.45, 7) is 5.94. The van der Waals surface area contributed by atoms with Crippen LogP contribution in [0.3, 0.4) is 0 Å². The van der Waals surface area contributed by atoms with E-state index < -0.39 is 0 Å². The lowest BCUT2D eigenvalue weighted by molar-refractivity contribution is 0.193. The van der Waals surface area contributed by atoms with Crippen LogP contribution in [0, 0.1) is 6.92 Å². The number of oxazole rings is 1. The Labute approximate surface area is 193 Å². The number of halogens is 1. The SMILES string of the molecule is Cc1cnc(-c2cc3c(OCCCN4CCC(c5ccc(Cl)cc5)CC4)cccc3[nH]2)o1. The summed E-state index contributed by atoms with van der Waals surface area (Å²) in [5.41, 5.74) is 3.31. The first-order valence-corrected chi connectivity index (χ1v) is 11.7. The number of piperidine rings is 1. The Hall–Kier alpha value is -2.76. The number of hydrogen-bond donors (Lipinski definition) is 1. The van der Waals surface area contributed by atoms with Crippen molar-refractivity contribution in [2.45, 2.75) is 32.1 Å². The Bertz CT molecular complexity index is 1170. The van der Waals surface area contributed by atoms with E-state index in [-0.39, 0.29) is 0 Å². The molecule has 1 aliphatic heterocycles. The minimum atomic E-state index is 0.603. The topological polar surface area (TPSA) is 54.3 Å². The van der Waals surface area contributed by atoms with E-state index in [4.69, 9.17) is 20.8 Å². The third kappa shape index (κ3) is 4.69. The average Bonchev–Trinajstić information content (AvgIpc) is 3.44. The molecule has 0 radical (unpaired) electrons. The summed E-state index contributed by atoms with van der Waals surface area (Å²) in [6, 6.07) is 16.5. The Morgan fingerprint density at radius 1 is 1.16 bits per heavy atom. The van der Waals surface area contributed by atoms with Crippen LogP contribution in [0.4, 0.5) is 0 Å². The van der Waals surface area contributed by atoms with Gasteiger partial charge in [-0.2, -0.15) is 0 Å². The molecule has 4 aromatic rings. The van der Waals surface area contributed by atoms with Gasteiger partial charge in [0.05, 0.1) is 12.8 Å². The molecule has 1 fully saturated rings. The number of aryl methyl sites for hydroxylation is 1. The van der Waals surface area contributed by atoms with Crippen molar-refractivity contribution in [2.24, 2.45) is 0 Å². The van der Waals surface area contributed by atoms with Crippen molar-refractivity contribution in [3.8, 4) is 17.3 Å². The first-order valence-electron chi connectivity index (χ1n) is 11.3. The summed E-state index contributed by atoms with van der Waals surface area (Å²) in [4.78, 5) is 10.2. The van der Waals surface area contributed by atoms with E-state index in [1.165, 1.54) is 18.4 Å². The second-order valence-corrected chi connectivity index (χ2v) is 8.98. The van der Waals surface area contributed by atoms with Crippen LogP contribution >= 0.6 is 11.6 Å². The Kier molecular flexibility index (Phi) is 6.19. The molecular formula is C26H28ClN3O2. The van der Waals surface area contributed by atoms with E-state index in [9.17, 15) is 0 Å². The molecule has 0 amide bonds. The monoisotopic (exact) mass is 449 g/mol. The molecule has 1 aliphatic rings. The molecule has 0 saturated carbocycles. The van der Waals surface area contributed by atoms with Crippen LogP contribution in [0.2, 0.25) is 5.02 Å². The van der Waals surface area contributed by atoms with Gasteiger partial charge in [0.2, 0.25) is 5.89 Å². The van der Waals surface area contributed by atoms with Crippen LogP contribution in [-0.4, -0.2) is 41.1 Å². The Balaban J connectivity index is 1.12. The van der Waals surface area contributed by atoms with Gasteiger partial charge in [0.25, 0.3) is 0 Å². The normalized spacial score (nSPS) is 15.4. The van der Waals surface area contributed by atoms with Gasteiger partial charge >= 0.3 is 0 Å². The molecule has 32 heavy (non-hydrogen) atoms. The third-order valence-corrected chi connectivity index (χ3v) is 6.53. The molecule has 0 aliphatic carbocycles. The fourth-order valence-corrected chi connectivity index (χ4v) is 4.67. The van der Waals surface area contributed by atoms with Crippen LogP contribution in [0.5, 0.6) is 5.75 Å². The Morgan fingerprint density at radius 3 is 2.72 bits per heavy atom. The highest BCUT2D eigenvalue weighted by Crippen LogP contribution is 2.31. The molecule has 6 heteroatoms.